The van der Waals surface area contributed by atoms with Crippen LogP contribution in [0.1, 0.15) is 30.9 Å². The molecule has 1 fully saturated rings. The third kappa shape index (κ3) is 5.84. The molecule has 33 heavy (non-hydrogen) atoms. The summed E-state index contributed by atoms with van der Waals surface area (Å²) >= 11 is 0. The second-order valence-electron chi connectivity index (χ2n) is 7.02. The smallest absolute Gasteiger partial charge is 0.416 e. The highest BCUT2D eigenvalue weighted by atomic mass is 19.4. The Labute approximate surface area is 184 Å². The molecule has 0 saturated carbocycles. The van der Waals surface area contributed by atoms with Crippen molar-refractivity contribution in [1.29, 1.82) is 0 Å². The van der Waals surface area contributed by atoms with Crippen LogP contribution in [0.5, 0.6) is 11.8 Å². The molecule has 0 bridgehead atoms. The van der Waals surface area contributed by atoms with E-state index in [-0.39, 0.29) is 24.7 Å². The Morgan fingerprint density at radius 1 is 1.21 bits per heavy atom. The van der Waals surface area contributed by atoms with Crippen molar-refractivity contribution in [2.24, 2.45) is 5.16 Å². The molecule has 1 amide bonds. The topological polar surface area (TPSA) is 140 Å². The van der Waals surface area contributed by atoms with Crippen LogP contribution in [0.15, 0.2) is 35.7 Å². The van der Waals surface area contributed by atoms with Gasteiger partial charge in [-0.3, -0.25) is 10.1 Å². The van der Waals surface area contributed by atoms with E-state index in [0.29, 0.717) is 18.4 Å². The number of nitrogens with zero attached hydrogens (tertiary/aromatic N) is 5. The fourth-order valence-electron chi connectivity index (χ4n) is 3.04. The lowest BCUT2D eigenvalue weighted by Gasteiger charge is -2.29. The number of likely N-dealkylation sites (tertiary alicyclic amines) is 1. The Balaban J connectivity index is 1.75. The summed E-state index contributed by atoms with van der Waals surface area (Å²) < 4.78 is 43.7. The van der Waals surface area contributed by atoms with Gasteiger partial charge in [0.2, 0.25) is 0 Å². The molecule has 1 aromatic heterocycles. The van der Waals surface area contributed by atoms with E-state index in [0.717, 1.165) is 18.5 Å². The van der Waals surface area contributed by atoms with Crippen LogP contribution in [0.3, 0.4) is 0 Å². The summed E-state index contributed by atoms with van der Waals surface area (Å²) in [5.41, 5.74) is -1.05. The predicted octanol–water partition coefficient (Wildman–Crippen LogP) is 3.73. The van der Waals surface area contributed by atoms with Gasteiger partial charge in [-0.25, -0.2) is 4.79 Å². The first-order valence-corrected chi connectivity index (χ1v) is 9.59. The molecule has 2 aromatic rings. The van der Waals surface area contributed by atoms with Gasteiger partial charge in [-0.05, 0) is 24.6 Å². The van der Waals surface area contributed by atoms with Gasteiger partial charge in [0.05, 0.1) is 16.2 Å². The van der Waals surface area contributed by atoms with Gasteiger partial charge >= 0.3 is 29.7 Å². The van der Waals surface area contributed by atoms with Crippen molar-refractivity contribution in [2.45, 2.75) is 32.0 Å². The van der Waals surface area contributed by atoms with Gasteiger partial charge in [0.15, 0.2) is 0 Å². The van der Waals surface area contributed by atoms with Crippen molar-refractivity contribution in [2.75, 3.05) is 13.1 Å². The number of piperidine rings is 1. The zero-order valence-electron chi connectivity index (χ0n) is 17.2. The van der Waals surface area contributed by atoms with E-state index in [9.17, 15) is 28.1 Å². The first-order chi connectivity index (χ1) is 15.6. The fourth-order valence-corrected chi connectivity index (χ4v) is 3.04. The standard InChI is InChI=1S/C19H18F3N5O6/c1-11(12-2-4-13(5-3-12)19(20,21)22)25-33-17-15(27(30)31)16(23-10-24-17)32-14-6-8-26(9-7-14)18(28)29/h2-5,10,14H,6-9H2,1H3,(H,28,29). The monoisotopic (exact) mass is 469 g/mol. The van der Waals surface area contributed by atoms with Gasteiger partial charge in [0.25, 0.3) is 0 Å². The molecular weight excluding hydrogens is 451 g/mol. The van der Waals surface area contributed by atoms with E-state index in [4.69, 9.17) is 14.7 Å². The highest BCUT2D eigenvalue weighted by Gasteiger charge is 2.31. The number of hydrogen-bond acceptors (Lipinski definition) is 8. The Bertz CT molecular complexity index is 1050. The lowest BCUT2D eigenvalue weighted by molar-refractivity contribution is -0.387. The normalized spacial score (nSPS) is 15.3. The summed E-state index contributed by atoms with van der Waals surface area (Å²) in [6.07, 6.45) is -4.43. The molecule has 1 saturated heterocycles. The summed E-state index contributed by atoms with van der Waals surface area (Å²) in [6.45, 7) is 1.86. The molecule has 11 nitrogen and oxygen atoms in total. The highest BCUT2D eigenvalue weighted by molar-refractivity contribution is 5.98. The molecule has 1 aliphatic rings. The number of hydrogen-bond donors (Lipinski definition) is 1. The summed E-state index contributed by atoms with van der Waals surface area (Å²) in [4.78, 5) is 35.6. The van der Waals surface area contributed by atoms with Crippen molar-refractivity contribution < 1.29 is 37.6 Å². The minimum atomic E-state index is -4.48. The van der Waals surface area contributed by atoms with Crippen LogP contribution in [0.4, 0.5) is 23.7 Å². The molecule has 0 radical (unpaired) electrons. The lowest BCUT2D eigenvalue weighted by atomic mass is 10.1. The van der Waals surface area contributed by atoms with Crippen LogP contribution in [-0.4, -0.2) is 55.9 Å². The van der Waals surface area contributed by atoms with Crippen LogP contribution in [0, 0.1) is 10.1 Å². The maximum absolute atomic E-state index is 12.7. The van der Waals surface area contributed by atoms with Gasteiger partial charge < -0.3 is 19.6 Å². The largest absolute Gasteiger partial charge is 0.469 e. The number of alkyl halides is 3. The van der Waals surface area contributed by atoms with E-state index in [1.54, 1.807) is 0 Å². The number of carbonyl (C=O) groups is 1. The Kier molecular flexibility index (Phi) is 6.94. The fraction of sp³-hybridized carbons (Fsp3) is 0.368. The molecule has 176 valence electrons. The van der Waals surface area contributed by atoms with Crippen LogP contribution < -0.4 is 9.57 Å². The summed E-state index contributed by atoms with van der Waals surface area (Å²) in [5.74, 6) is -0.875. The molecular formula is C19H18F3N5O6. The molecule has 1 aliphatic heterocycles. The van der Waals surface area contributed by atoms with Gasteiger partial charge in [0.1, 0.15) is 12.4 Å². The van der Waals surface area contributed by atoms with Crippen molar-refractivity contribution in [3.8, 4) is 11.8 Å². The van der Waals surface area contributed by atoms with Crippen LogP contribution in [0.25, 0.3) is 0 Å². The van der Waals surface area contributed by atoms with Crippen LogP contribution in [-0.2, 0) is 6.18 Å². The second-order valence-corrected chi connectivity index (χ2v) is 7.02. The molecule has 0 unspecified atom stereocenters. The number of nitro groups is 1. The van der Waals surface area contributed by atoms with Crippen molar-refractivity contribution in [3.05, 3.63) is 51.8 Å². The maximum atomic E-state index is 12.7. The minimum Gasteiger partial charge on any atom is -0.469 e. The quantitative estimate of drug-likeness (QED) is 0.383. The maximum Gasteiger partial charge on any atom is 0.416 e. The molecule has 1 N–H and O–H groups in total. The first kappa shape index (κ1) is 23.7. The predicted molar refractivity (Wildman–Crippen MR) is 106 cm³/mol. The van der Waals surface area contributed by atoms with Gasteiger partial charge in [-0.1, -0.05) is 17.3 Å². The average molecular weight is 469 g/mol. The number of oxime groups is 1. The number of amides is 1. The van der Waals surface area contributed by atoms with E-state index < -0.39 is 40.4 Å². The van der Waals surface area contributed by atoms with E-state index >= 15 is 0 Å². The second kappa shape index (κ2) is 9.67. The molecule has 2 heterocycles. The molecule has 3 rings (SSSR count). The molecule has 0 atom stereocenters. The van der Waals surface area contributed by atoms with E-state index in [1.807, 2.05) is 0 Å². The number of rotatable bonds is 6. The molecule has 0 spiro atoms. The van der Waals surface area contributed by atoms with Crippen molar-refractivity contribution in [1.82, 2.24) is 14.9 Å². The summed E-state index contributed by atoms with van der Waals surface area (Å²) in [6, 6.07) is 4.14. The van der Waals surface area contributed by atoms with Crippen molar-refractivity contribution in [3.63, 3.8) is 0 Å². The number of halogens is 3. The highest BCUT2D eigenvalue weighted by Crippen LogP contribution is 2.34. The van der Waals surface area contributed by atoms with Gasteiger partial charge in [-0.15, -0.1) is 0 Å². The van der Waals surface area contributed by atoms with Crippen molar-refractivity contribution >= 4 is 17.5 Å². The third-order valence-electron chi connectivity index (χ3n) is 4.83. The number of benzene rings is 1. The van der Waals surface area contributed by atoms with Crippen LogP contribution >= 0.6 is 0 Å². The third-order valence-corrected chi connectivity index (χ3v) is 4.83. The van der Waals surface area contributed by atoms with Crippen LogP contribution in [0.2, 0.25) is 0 Å². The van der Waals surface area contributed by atoms with E-state index in [1.165, 1.54) is 24.0 Å². The Morgan fingerprint density at radius 2 is 1.82 bits per heavy atom. The molecule has 0 aliphatic carbocycles. The molecule has 14 heteroatoms. The number of ether oxygens (including phenoxy) is 1. The number of aromatic nitrogens is 2. The zero-order valence-corrected chi connectivity index (χ0v) is 17.2. The Hall–Kier alpha value is -3.97. The Morgan fingerprint density at radius 3 is 2.36 bits per heavy atom. The molecule has 1 aromatic carbocycles. The summed E-state index contributed by atoms with van der Waals surface area (Å²) in [7, 11) is 0. The van der Waals surface area contributed by atoms with Gasteiger partial charge in [-0.2, -0.15) is 23.1 Å². The minimum absolute atomic E-state index is 0.153. The SMILES string of the molecule is CC(=NOc1ncnc(OC2CCN(C(=O)O)CC2)c1[N+](=O)[O-])c1ccc(C(F)(F)F)cc1. The van der Waals surface area contributed by atoms with E-state index in [2.05, 4.69) is 15.1 Å². The van der Waals surface area contributed by atoms with Gasteiger partial charge in [0, 0.05) is 25.9 Å². The lowest BCUT2D eigenvalue weighted by Crippen LogP contribution is -2.41. The zero-order chi connectivity index (χ0) is 24.2. The average Bonchev–Trinajstić information content (AvgIpc) is 2.77. The summed E-state index contributed by atoms with van der Waals surface area (Å²) in [5, 5.41) is 24.3. The number of carboxylic acid groups (broad SMARTS) is 1. The first-order valence-electron chi connectivity index (χ1n) is 9.59.